The third kappa shape index (κ3) is 6.43. The van der Waals surface area contributed by atoms with Gasteiger partial charge < -0.3 is 9.64 Å². The van der Waals surface area contributed by atoms with E-state index in [2.05, 4.69) is 9.98 Å². The van der Waals surface area contributed by atoms with Crippen molar-refractivity contribution in [2.24, 2.45) is 10.9 Å². The summed E-state index contributed by atoms with van der Waals surface area (Å²) in [5.41, 5.74) is 2.18. The van der Waals surface area contributed by atoms with Gasteiger partial charge in [-0.05, 0) is 42.5 Å². The Kier molecular flexibility index (Phi) is 7.25. The number of ether oxygens (including phenoxy) is 1. The highest BCUT2D eigenvalue weighted by Crippen LogP contribution is 2.26. The largest absolute Gasteiger partial charge is 0.487 e. The third-order valence-electron chi connectivity index (χ3n) is 5.45. The molecule has 0 N–H and O–H groups in total. The van der Waals surface area contributed by atoms with E-state index < -0.39 is 24.9 Å². The summed E-state index contributed by atoms with van der Waals surface area (Å²) >= 11 is 0. The topological polar surface area (TPSA) is 54.8 Å². The summed E-state index contributed by atoms with van der Waals surface area (Å²) in [5, 5.41) is 1.05. The Morgan fingerprint density at radius 3 is 2.59 bits per heavy atom. The van der Waals surface area contributed by atoms with Gasteiger partial charge in [0, 0.05) is 42.7 Å². The van der Waals surface area contributed by atoms with Crippen molar-refractivity contribution in [3.8, 4) is 5.75 Å². The van der Waals surface area contributed by atoms with Gasteiger partial charge in [0.15, 0.2) is 0 Å². The second-order valence-corrected chi connectivity index (χ2v) is 8.06. The minimum atomic E-state index is -4.38. The predicted octanol–water partition coefficient (Wildman–Crippen LogP) is 5.75. The number of carbonyl (C=O) groups excluding carboxylic acids is 1. The highest BCUT2D eigenvalue weighted by Gasteiger charge is 2.30. The molecule has 0 saturated carbocycles. The van der Waals surface area contributed by atoms with Gasteiger partial charge in [-0.3, -0.25) is 9.79 Å². The molecule has 1 aromatic heterocycles. The molecule has 1 atom stereocenters. The number of para-hydroxylation sites is 1. The summed E-state index contributed by atoms with van der Waals surface area (Å²) in [5.74, 6) is -0.0624. The van der Waals surface area contributed by atoms with Crippen LogP contribution in [0.3, 0.4) is 0 Å². The first-order valence-electron chi connectivity index (χ1n) is 11.0. The van der Waals surface area contributed by atoms with Gasteiger partial charge in [0.1, 0.15) is 12.4 Å². The molecule has 1 amide bonds. The van der Waals surface area contributed by atoms with E-state index in [1.165, 1.54) is 4.90 Å². The Morgan fingerprint density at radius 2 is 1.85 bits per heavy atom. The van der Waals surface area contributed by atoms with E-state index >= 15 is 0 Å². The van der Waals surface area contributed by atoms with Crippen LogP contribution in [0.1, 0.15) is 18.5 Å². The predicted molar refractivity (Wildman–Crippen MR) is 126 cm³/mol. The average molecular weight is 467 g/mol. The van der Waals surface area contributed by atoms with Crippen molar-refractivity contribution in [1.82, 2.24) is 4.98 Å². The lowest BCUT2D eigenvalue weighted by Gasteiger charge is -2.27. The van der Waals surface area contributed by atoms with Gasteiger partial charge in [0.2, 0.25) is 5.91 Å². The van der Waals surface area contributed by atoms with E-state index in [1.807, 2.05) is 42.5 Å². The van der Waals surface area contributed by atoms with Crippen molar-refractivity contribution in [1.29, 1.82) is 0 Å². The van der Waals surface area contributed by atoms with Gasteiger partial charge in [-0.1, -0.05) is 30.3 Å². The van der Waals surface area contributed by atoms with Gasteiger partial charge in [-0.15, -0.1) is 0 Å². The Labute approximate surface area is 195 Å². The molecule has 1 aliphatic rings. The summed E-state index contributed by atoms with van der Waals surface area (Å²) in [7, 11) is 0. The summed E-state index contributed by atoms with van der Waals surface area (Å²) in [6.07, 6.45) is -0.779. The second-order valence-electron chi connectivity index (χ2n) is 8.06. The molecule has 176 valence electrons. The number of anilines is 1. The van der Waals surface area contributed by atoms with Crippen LogP contribution in [0.25, 0.3) is 10.9 Å². The number of amides is 1. The minimum Gasteiger partial charge on any atom is -0.487 e. The summed E-state index contributed by atoms with van der Waals surface area (Å²) in [6.45, 7) is 1.01. The van der Waals surface area contributed by atoms with Crippen LogP contribution in [0, 0.1) is 5.92 Å². The number of nitrogens with zero attached hydrogens (tertiary/aromatic N) is 3. The number of dihydropyridines is 1. The lowest BCUT2D eigenvalue weighted by molar-refractivity contribution is -0.143. The molecule has 0 radical (unpaired) electrons. The summed E-state index contributed by atoms with van der Waals surface area (Å²) in [6, 6.07) is 18.5. The number of alkyl halides is 3. The molecule has 2 aromatic carbocycles. The van der Waals surface area contributed by atoms with Crippen LogP contribution >= 0.6 is 0 Å². The van der Waals surface area contributed by atoms with E-state index in [1.54, 1.807) is 36.6 Å². The molecule has 0 spiro atoms. The number of aromatic nitrogens is 1. The molecular formula is C26H24F3N3O2. The van der Waals surface area contributed by atoms with E-state index in [4.69, 9.17) is 4.74 Å². The molecule has 0 bridgehead atoms. The van der Waals surface area contributed by atoms with Gasteiger partial charge in [-0.2, -0.15) is 13.2 Å². The lowest BCUT2D eigenvalue weighted by atomic mass is 10.1. The fraction of sp³-hybridized carbons (Fsp3) is 0.269. The highest BCUT2D eigenvalue weighted by molar-refractivity contribution is 5.93. The van der Waals surface area contributed by atoms with Crippen molar-refractivity contribution < 1.29 is 22.7 Å². The molecule has 1 aliphatic heterocycles. The number of hydrogen-bond acceptors (Lipinski definition) is 4. The lowest BCUT2D eigenvalue weighted by Crippen LogP contribution is -2.36. The number of allylic oxidation sites excluding steroid dienone is 1. The fourth-order valence-corrected chi connectivity index (χ4v) is 3.68. The van der Waals surface area contributed by atoms with E-state index in [0.29, 0.717) is 18.0 Å². The van der Waals surface area contributed by atoms with Gasteiger partial charge >= 0.3 is 6.18 Å². The molecule has 2 heterocycles. The van der Waals surface area contributed by atoms with E-state index in [9.17, 15) is 18.0 Å². The fourth-order valence-electron chi connectivity index (χ4n) is 3.68. The van der Waals surface area contributed by atoms with Crippen molar-refractivity contribution in [2.75, 3.05) is 18.0 Å². The molecule has 34 heavy (non-hydrogen) atoms. The van der Waals surface area contributed by atoms with Crippen LogP contribution in [0.2, 0.25) is 0 Å². The van der Waals surface area contributed by atoms with Crippen LogP contribution < -0.4 is 9.64 Å². The Hall–Kier alpha value is -3.68. The van der Waals surface area contributed by atoms with Crippen molar-refractivity contribution in [2.45, 2.75) is 25.6 Å². The molecule has 0 aliphatic carbocycles. The Morgan fingerprint density at radius 1 is 1.06 bits per heavy atom. The first-order valence-corrected chi connectivity index (χ1v) is 11.0. The maximum atomic E-state index is 12.7. The average Bonchev–Trinajstić information content (AvgIpc) is 2.85. The molecular weight excluding hydrogens is 443 g/mol. The van der Waals surface area contributed by atoms with E-state index in [0.717, 1.165) is 16.6 Å². The van der Waals surface area contributed by atoms with Crippen molar-refractivity contribution >= 4 is 28.7 Å². The third-order valence-corrected chi connectivity index (χ3v) is 5.45. The van der Waals surface area contributed by atoms with Crippen molar-refractivity contribution in [3.05, 3.63) is 78.5 Å². The minimum absolute atomic E-state index is 0.0604. The zero-order valence-electron chi connectivity index (χ0n) is 18.4. The van der Waals surface area contributed by atoms with Gasteiger partial charge in [0.05, 0.1) is 17.6 Å². The Bertz CT molecular complexity index is 1190. The number of fused-ring (bicyclic) bond motifs is 1. The molecule has 5 nitrogen and oxygen atoms in total. The first kappa shape index (κ1) is 23.5. The van der Waals surface area contributed by atoms with Crippen LogP contribution in [0.4, 0.5) is 18.9 Å². The smallest absolute Gasteiger partial charge is 0.389 e. The second kappa shape index (κ2) is 10.5. The zero-order chi connectivity index (χ0) is 24.0. The van der Waals surface area contributed by atoms with Gasteiger partial charge in [-0.25, -0.2) is 4.98 Å². The molecule has 1 unspecified atom stereocenters. The molecule has 4 rings (SSSR count). The molecule has 3 aromatic rings. The van der Waals surface area contributed by atoms with Crippen LogP contribution in [-0.4, -0.2) is 36.4 Å². The molecule has 0 fully saturated rings. The number of pyridine rings is 1. The maximum absolute atomic E-state index is 12.7. The van der Waals surface area contributed by atoms with Gasteiger partial charge in [0.25, 0.3) is 0 Å². The molecule has 8 heteroatoms. The summed E-state index contributed by atoms with van der Waals surface area (Å²) in [4.78, 5) is 22.8. The SMILES string of the molecule is O=C(CCC(F)(F)F)N(CC1C=CC=NC1)c1ccc(OCc2ccc3ccccc3n2)cc1. The summed E-state index contributed by atoms with van der Waals surface area (Å²) < 4.78 is 43.9. The Balaban J connectivity index is 1.44. The zero-order valence-corrected chi connectivity index (χ0v) is 18.4. The van der Waals surface area contributed by atoms with E-state index in [-0.39, 0.29) is 19.1 Å². The molecule has 0 saturated heterocycles. The maximum Gasteiger partial charge on any atom is 0.389 e. The monoisotopic (exact) mass is 467 g/mol. The number of rotatable bonds is 8. The van der Waals surface area contributed by atoms with Crippen LogP contribution in [-0.2, 0) is 11.4 Å². The van der Waals surface area contributed by atoms with Crippen molar-refractivity contribution in [3.63, 3.8) is 0 Å². The van der Waals surface area contributed by atoms with Crippen LogP contribution in [0.5, 0.6) is 5.75 Å². The number of benzene rings is 2. The first-order chi connectivity index (χ1) is 16.4. The normalized spacial score (nSPS) is 15.4. The highest BCUT2D eigenvalue weighted by atomic mass is 19.4. The quantitative estimate of drug-likeness (QED) is 0.424. The standard InChI is InChI=1S/C26H24F3N3O2/c27-26(28,29)14-13-25(33)32(17-19-4-3-15-30-16-19)22-9-11-23(12-10-22)34-18-21-8-7-20-5-1-2-6-24(20)31-21/h1-12,15,19H,13-14,16-18H2. The number of aliphatic imine (C=N–C) groups is 1. The number of carbonyl (C=O) groups is 1. The van der Waals surface area contributed by atoms with Crippen LogP contribution in [0.15, 0.2) is 77.8 Å². The number of hydrogen-bond donors (Lipinski definition) is 0. The number of halogens is 3.